The molecule has 2 nitrogen and oxygen atoms in total. The van der Waals surface area contributed by atoms with Crippen molar-refractivity contribution in [2.24, 2.45) is 5.92 Å². The van der Waals surface area contributed by atoms with E-state index in [1.807, 2.05) is 12.3 Å². The van der Waals surface area contributed by atoms with Gasteiger partial charge in [0.2, 0.25) is 0 Å². The van der Waals surface area contributed by atoms with Crippen LogP contribution in [0.4, 0.5) is 0 Å². The Morgan fingerprint density at radius 3 is 2.76 bits per heavy atom. The van der Waals surface area contributed by atoms with E-state index in [1.165, 1.54) is 44.2 Å². The molecule has 1 aliphatic rings. The zero-order valence-electron chi connectivity index (χ0n) is 10.9. The maximum atomic E-state index is 4.54. The molecule has 0 bridgehead atoms. The molecule has 1 aliphatic carbocycles. The third-order valence-electron chi connectivity index (χ3n) is 3.74. The molecule has 2 heteroatoms. The fourth-order valence-corrected chi connectivity index (χ4v) is 2.84. The predicted molar refractivity (Wildman–Crippen MR) is 71.8 cm³/mol. The Labute approximate surface area is 105 Å². The molecule has 0 saturated heterocycles. The molecule has 0 amide bonds. The molecule has 0 radical (unpaired) electrons. The van der Waals surface area contributed by atoms with Gasteiger partial charge in [-0.15, -0.1) is 0 Å². The predicted octanol–water partition coefficient (Wildman–Crippen LogP) is 3.70. The molecule has 1 fully saturated rings. The van der Waals surface area contributed by atoms with Crippen molar-refractivity contribution in [2.75, 3.05) is 6.54 Å². The Bertz CT molecular complexity index is 304. The van der Waals surface area contributed by atoms with E-state index in [1.54, 1.807) is 0 Å². The van der Waals surface area contributed by atoms with Crippen LogP contribution < -0.4 is 5.32 Å². The van der Waals surface area contributed by atoms with Crippen LogP contribution in [-0.4, -0.2) is 11.5 Å². The summed E-state index contributed by atoms with van der Waals surface area (Å²) in [4.78, 5) is 4.54. The number of hydrogen-bond acceptors (Lipinski definition) is 2. The van der Waals surface area contributed by atoms with E-state index in [9.17, 15) is 0 Å². The highest BCUT2D eigenvalue weighted by molar-refractivity contribution is 5.10. The third-order valence-corrected chi connectivity index (χ3v) is 3.74. The number of aromatic nitrogens is 1. The van der Waals surface area contributed by atoms with Crippen molar-refractivity contribution in [2.45, 2.75) is 51.5 Å². The lowest BCUT2D eigenvalue weighted by Gasteiger charge is -2.30. The van der Waals surface area contributed by atoms with Crippen molar-refractivity contribution in [3.8, 4) is 0 Å². The molecular weight excluding hydrogens is 208 g/mol. The number of nitrogens with zero attached hydrogens (tertiary/aromatic N) is 1. The van der Waals surface area contributed by atoms with Gasteiger partial charge < -0.3 is 5.32 Å². The molecule has 94 valence electrons. The summed E-state index contributed by atoms with van der Waals surface area (Å²) in [5.74, 6) is 0.783. The molecular formula is C15H24N2. The van der Waals surface area contributed by atoms with Gasteiger partial charge in [0.25, 0.3) is 0 Å². The molecule has 2 rings (SSSR count). The number of nitrogens with one attached hydrogen (secondary N) is 1. The Morgan fingerprint density at radius 1 is 1.29 bits per heavy atom. The van der Waals surface area contributed by atoms with E-state index in [2.05, 4.69) is 29.4 Å². The normalized spacial score (nSPS) is 19.1. The standard InChI is InChI=1S/C15H24N2/c1-2-11-17-15(13-8-4-3-5-9-13)14-10-6-7-12-16-14/h6-7,10,12-13,15,17H,2-5,8-9,11H2,1H3. The van der Waals surface area contributed by atoms with E-state index in [0.29, 0.717) is 6.04 Å². The first-order chi connectivity index (χ1) is 8.42. The van der Waals surface area contributed by atoms with Gasteiger partial charge in [0.15, 0.2) is 0 Å². The minimum atomic E-state index is 0.469. The van der Waals surface area contributed by atoms with Gasteiger partial charge >= 0.3 is 0 Å². The number of hydrogen-bond donors (Lipinski definition) is 1. The topological polar surface area (TPSA) is 24.9 Å². The second-order valence-corrected chi connectivity index (χ2v) is 5.08. The molecule has 1 aromatic heterocycles. The highest BCUT2D eigenvalue weighted by atomic mass is 14.9. The van der Waals surface area contributed by atoms with E-state index >= 15 is 0 Å². The Kier molecular flexibility index (Phi) is 4.99. The van der Waals surface area contributed by atoms with Crippen molar-refractivity contribution in [3.05, 3.63) is 30.1 Å². The molecule has 0 aliphatic heterocycles. The summed E-state index contributed by atoms with van der Waals surface area (Å²) in [5, 5.41) is 3.69. The van der Waals surface area contributed by atoms with Crippen LogP contribution in [0.25, 0.3) is 0 Å². The van der Waals surface area contributed by atoms with E-state index < -0.39 is 0 Å². The summed E-state index contributed by atoms with van der Waals surface area (Å²) >= 11 is 0. The van der Waals surface area contributed by atoms with E-state index in [0.717, 1.165) is 12.5 Å². The lowest BCUT2D eigenvalue weighted by molar-refractivity contribution is 0.268. The van der Waals surface area contributed by atoms with Gasteiger partial charge in [-0.25, -0.2) is 0 Å². The second kappa shape index (κ2) is 6.75. The van der Waals surface area contributed by atoms with Crippen LogP contribution in [0.5, 0.6) is 0 Å². The van der Waals surface area contributed by atoms with Gasteiger partial charge in [-0.3, -0.25) is 4.98 Å². The molecule has 0 spiro atoms. The monoisotopic (exact) mass is 232 g/mol. The van der Waals surface area contributed by atoms with Crippen LogP contribution in [0, 0.1) is 5.92 Å². The maximum absolute atomic E-state index is 4.54. The van der Waals surface area contributed by atoms with Gasteiger partial charge in [-0.2, -0.15) is 0 Å². The third kappa shape index (κ3) is 3.53. The van der Waals surface area contributed by atoms with Crippen LogP contribution in [0.15, 0.2) is 24.4 Å². The summed E-state index contributed by atoms with van der Waals surface area (Å²) in [5.41, 5.74) is 1.23. The Balaban J connectivity index is 2.06. The average molecular weight is 232 g/mol. The largest absolute Gasteiger partial charge is 0.308 e. The molecule has 1 atom stereocenters. The van der Waals surface area contributed by atoms with Gasteiger partial charge in [0, 0.05) is 6.20 Å². The molecule has 17 heavy (non-hydrogen) atoms. The molecule has 1 aromatic rings. The van der Waals surface area contributed by atoms with Crippen molar-refractivity contribution < 1.29 is 0 Å². The highest BCUT2D eigenvalue weighted by Crippen LogP contribution is 2.33. The van der Waals surface area contributed by atoms with Gasteiger partial charge in [-0.05, 0) is 43.9 Å². The molecule has 1 saturated carbocycles. The van der Waals surface area contributed by atoms with Crippen molar-refractivity contribution in [1.82, 2.24) is 10.3 Å². The highest BCUT2D eigenvalue weighted by Gasteiger charge is 2.25. The van der Waals surface area contributed by atoms with Crippen molar-refractivity contribution in [3.63, 3.8) is 0 Å². The maximum Gasteiger partial charge on any atom is 0.0576 e. The Hall–Kier alpha value is -0.890. The van der Waals surface area contributed by atoms with Crippen molar-refractivity contribution in [1.29, 1.82) is 0 Å². The van der Waals surface area contributed by atoms with Crippen molar-refractivity contribution >= 4 is 0 Å². The molecule has 1 unspecified atom stereocenters. The first-order valence-corrected chi connectivity index (χ1v) is 7.06. The van der Waals surface area contributed by atoms with Crippen LogP contribution in [0.3, 0.4) is 0 Å². The summed E-state index contributed by atoms with van der Waals surface area (Å²) in [6.45, 7) is 3.32. The van der Waals surface area contributed by atoms with Crippen LogP contribution in [0.2, 0.25) is 0 Å². The van der Waals surface area contributed by atoms with Gasteiger partial charge in [0.05, 0.1) is 11.7 Å². The number of rotatable bonds is 5. The minimum Gasteiger partial charge on any atom is -0.308 e. The van der Waals surface area contributed by atoms with Gasteiger partial charge in [0.1, 0.15) is 0 Å². The summed E-state index contributed by atoms with van der Waals surface area (Å²) in [6, 6.07) is 6.74. The van der Waals surface area contributed by atoms with E-state index in [-0.39, 0.29) is 0 Å². The zero-order valence-corrected chi connectivity index (χ0v) is 10.9. The van der Waals surface area contributed by atoms with Crippen LogP contribution in [0.1, 0.15) is 57.2 Å². The number of pyridine rings is 1. The quantitative estimate of drug-likeness (QED) is 0.837. The van der Waals surface area contributed by atoms with Gasteiger partial charge in [-0.1, -0.05) is 32.3 Å². The lowest BCUT2D eigenvalue weighted by Crippen LogP contribution is -2.31. The fourth-order valence-electron chi connectivity index (χ4n) is 2.84. The molecule has 0 aromatic carbocycles. The molecule has 1 N–H and O–H groups in total. The SMILES string of the molecule is CCCNC(c1ccccn1)C1CCCCC1. The molecule has 1 heterocycles. The zero-order chi connectivity index (χ0) is 11.9. The second-order valence-electron chi connectivity index (χ2n) is 5.08. The smallest absolute Gasteiger partial charge is 0.0576 e. The summed E-state index contributed by atoms with van der Waals surface area (Å²) in [6.07, 6.45) is 10.0. The van der Waals surface area contributed by atoms with Crippen LogP contribution in [-0.2, 0) is 0 Å². The lowest BCUT2D eigenvalue weighted by atomic mass is 9.82. The fraction of sp³-hybridized carbons (Fsp3) is 0.667. The van der Waals surface area contributed by atoms with E-state index in [4.69, 9.17) is 0 Å². The first kappa shape index (κ1) is 12.6. The van der Waals surface area contributed by atoms with Crippen LogP contribution >= 0.6 is 0 Å². The summed E-state index contributed by atoms with van der Waals surface area (Å²) in [7, 11) is 0. The minimum absolute atomic E-state index is 0.469. The first-order valence-electron chi connectivity index (χ1n) is 7.06. The average Bonchev–Trinajstić information content (AvgIpc) is 2.42. The summed E-state index contributed by atoms with van der Waals surface area (Å²) < 4.78 is 0. The Morgan fingerprint density at radius 2 is 2.12 bits per heavy atom.